The van der Waals surface area contributed by atoms with Crippen molar-refractivity contribution in [1.82, 2.24) is 0 Å². The van der Waals surface area contributed by atoms with Gasteiger partial charge in [-0.05, 0) is 18.8 Å². The summed E-state index contributed by atoms with van der Waals surface area (Å²) in [5, 5.41) is 0. The summed E-state index contributed by atoms with van der Waals surface area (Å²) in [7, 11) is 0. The maximum Gasteiger partial charge on any atom is 0.286 e. The lowest BCUT2D eigenvalue weighted by atomic mass is 9.83. The van der Waals surface area contributed by atoms with Crippen molar-refractivity contribution in [3.63, 3.8) is 0 Å². The Bertz CT molecular complexity index is 224. The third-order valence-corrected chi connectivity index (χ3v) is 2.55. The molecule has 2 atom stereocenters. The predicted molar refractivity (Wildman–Crippen MR) is 53.7 cm³/mol. The number of alkyl halides is 5. The van der Waals surface area contributed by atoms with Gasteiger partial charge < -0.3 is 0 Å². The van der Waals surface area contributed by atoms with Crippen molar-refractivity contribution in [2.24, 2.45) is 11.3 Å². The van der Waals surface area contributed by atoms with Crippen molar-refractivity contribution < 1.29 is 22.0 Å². The van der Waals surface area contributed by atoms with E-state index in [1.165, 1.54) is 0 Å². The Morgan fingerprint density at radius 2 is 1.31 bits per heavy atom. The molecule has 0 aromatic rings. The summed E-state index contributed by atoms with van der Waals surface area (Å²) in [6.45, 7) is 5.82. The molecule has 0 heterocycles. The topological polar surface area (TPSA) is 0 Å². The molecule has 0 nitrogen and oxygen atoms in total. The molecule has 0 fully saturated rings. The van der Waals surface area contributed by atoms with Crippen LogP contribution in [-0.2, 0) is 0 Å². The van der Waals surface area contributed by atoms with Gasteiger partial charge in [-0.1, -0.05) is 27.7 Å². The van der Waals surface area contributed by atoms with Crippen LogP contribution in [0.2, 0.25) is 0 Å². The fourth-order valence-corrected chi connectivity index (χ4v) is 1.28. The Morgan fingerprint density at radius 1 is 0.938 bits per heavy atom. The molecular weight excluding hydrogens is 227 g/mol. The first-order chi connectivity index (χ1) is 6.78. The highest BCUT2D eigenvalue weighted by Crippen LogP contribution is 2.42. The van der Waals surface area contributed by atoms with E-state index in [0.717, 1.165) is 0 Å². The molecule has 0 aromatic heterocycles. The van der Waals surface area contributed by atoms with Crippen LogP contribution >= 0.6 is 0 Å². The van der Waals surface area contributed by atoms with E-state index < -0.39 is 35.8 Å². The summed E-state index contributed by atoms with van der Waals surface area (Å²) in [4.78, 5) is 0. The monoisotopic (exact) mass is 246 g/mol. The third-order valence-electron chi connectivity index (χ3n) is 2.55. The first-order valence-electron chi connectivity index (χ1n) is 5.18. The molecule has 0 bridgehead atoms. The highest BCUT2D eigenvalue weighted by Gasteiger charge is 2.54. The molecule has 0 spiro atoms. The van der Waals surface area contributed by atoms with Gasteiger partial charge in [0.25, 0.3) is 11.8 Å². The summed E-state index contributed by atoms with van der Waals surface area (Å²) in [6.07, 6.45) is -2.99. The molecule has 0 rings (SSSR count). The van der Waals surface area contributed by atoms with Crippen molar-refractivity contribution in [3.05, 3.63) is 0 Å². The Kier molecular flexibility index (Phi) is 4.39. The lowest BCUT2D eigenvalue weighted by Crippen LogP contribution is -2.46. The maximum atomic E-state index is 13.4. The van der Waals surface area contributed by atoms with E-state index >= 15 is 0 Å². The summed E-state index contributed by atoms with van der Waals surface area (Å²) < 4.78 is 65.7. The summed E-state index contributed by atoms with van der Waals surface area (Å²) in [6, 6.07) is 0. The average Bonchev–Trinajstić information content (AvgIpc) is 1.97. The molecule has 0 aliphatic heterocycles. The fourth-order valence-electron chi connectivity index (χ4n) is 1.28. The molecule has 0 N–H and O–H groups in total. The lowest BCUT2D eigenvalue weighted by Gasteiger charge is -2.33. The Balaban J connectivity index is 4.78. The largest absolute Gasteiger partial charge is 0.286 e. The first-order valence-corrected chi connectivity index (χ1v) is 5.18. The van der Waals surface area contributed by atoms with Crippen LogP contribution in [0.25, 0.3) is 0 Å². The maximum absolute atomic E-state index is 13.4. The van der Waals surface area contributed by atoms with E-state index in [9.17, 15) is 22.0 Å². The predicted octanol–water partition coefficient (Wildman–Crippen LogP) is 4.69. The Labute approximate surface area is 93.2 Å². The smallest absolute Gasteiger partial charge is 0.241 e. The number of hydrogen-bond donors (Lipinski definition) is 0. The molecule has 5 heteroatoms. The van der Waals surface area contributed by atoms with Gasteiger partial charge in [0.05, 0.1) is 5.92 Å². The second-order valence-corrected chi connectivity index (χ2v) is 5.58. The average molecular weight is 246 g/mol. The molecule has 98 valence electrons. The van der Waals surface area contributed by atoms with Gasteiger partial charge in [0.2, 0.25) is 0 Å². The van der Waals surface area contributed by atoms with Crippen LogP contribution < -0.4 is 0 Å². The van der Waals surface area contributed by atoms with Crippen molar-refractivity contribution in [2.75, 3.05) is 0 Å². The minimum atomic E-state index is -4.01. The van der Waals surface area contributed by atoms with Crippen LogP contribution in [0.15, 0.2) is 0 Å². The van der Waals surface area contributed by atoms with Crippen LogP contribution in [0, 0.1) is 11.3 Å². The summed E-state index contributed by atoms with van der Waals surface area (Å²) >= 11 is 0. The molecule has 0 aliphatic carbocycles. The van der Waals surface area contributed by atoms with Crippen molar-refractivity contribution >= 4 is 0 Å². The number of rotatable bonds is 4. The van der Waals surface area contributed by atoms with Crippen LogP contribution in [0.3, 0.4) is 0 Å². The zero-order chi connectivity index (χ0) is 13.4. The van der Waals surface area contributed by atoms with E-state index in [-0.39, 0.29) is 0 Å². The zero-order valence-corrected chi connectivity index (χ0v) is 10.3. The van der Waals surface area contributed by atoms with Crippen molar-refractivity contribution in [2.45, 2.75) is 59.1 Å². The quantitative estimate of drug-likeness (QED) is 0.631. The molecule has 16 heavy (non-hydrogen) atoms. The molecule has 0 amide bonds. The summed E-state index contributed by atoms with van der Waals surface area (Å²) in [5.41, 5.74) is -0.661. The minimum absolute atomic E-state index is 0.384. The molecule has 0 saturated carbocycles. The number of halogens is 5. The van der Waals surface area contributed by atoms with E-state index in [1.54, 1.807) is 20.8 Å². The highest BCUT2D eigenvalue weighted by atomic mass is 19.3. The molecule has 0 aliphatic rings. The fraction of sp³-hybridized carbons (Fsp3) is 1.00. The van der Waals surface area contributed by atoms with Crippen molar-refractivity contribution in [3.8, 4) is 0 Å². The Morgan fingerprint density at radius 3 is 1.56 bits per heavy atom. The van der Waals surface area contributed by atoms with E-state index in [2.05, 4.69) is 0 Å². The molecule has 2 unspecified atom stereocenters. The van der Waals surface area contributed by atoms with Crippen LogP contribution in [0.1, 0.15) is 41.0 Å². The SMILES string of the molecule is CC(C(C)(F)F)C(F)(F)C(F)CC(C)(C)C. The lowest BCUT2D eigenvalue weighted by molar-refractivity contribution is -0.192. The van der Waals surface area contributed by atoms with Gasteiger partial charge in [0, 0.05) is 0 Å². The number of hydrogen-bond acceptors (Lipinski definition) is 0. The van der Waals surface area contributed by atoms with E-state index in [4.69, 9.17) is 0 Å². The van der Waals surface area contributed by atoms with Gasteiger partial charge in [0.1, 0.15) is 0 Å². The van der Waals surface area contributed by atoms with Gasteiger partial charge in [0.15, 0.2) is 6.17 Å². The first kappa shape index (κ1) is 15.7. The second kappa shape index (κ2) is 4.49. The van der Waals surface area contributed by atoms with Gasteiger partial charge >= 0.3 is 0 Å². The summed E-state index contributed by atoms with van der Waals surface area (Å²) in [5.74, 6) is -9.91. The highest BCUT2D eigenvalue weighted by molar-refractivity contribution is 4.90. The standard InChI is InChI=1S/C11H19F5/c1-7(10(5,13)14)11(15,16)8(12)6-9(2,3)4/h7-8H,6H2,1-5H3. The molecule has 0 radical (unpaired) electrons. The minimum Gasteiger partial charge on any atom is -0.241 e. The molecule has 0 aromatic carbocycles. The third kappa shape index (κ3) is 4.26. The van der Waals surface area contributed by atoms with E-state index in [1.807, 2.05) is 0 Å². The van der Waals surface area contributed by atoms with E-state index in [0.29, 0.717) is 13.8 Å². The van der Waals surface area contributed by atoms with Crippen LogP contribution in [0.4, 0.5) is 22.0 Å². The normalized spacial score (nSPS) is 18.4. The van der Waals surface area contributed by atoms with Gasteiger partial charge in [-0.15, -0.1) is 0 Å². The van der Waals surface area contributed by atoms with Gasteiger partial charge in [-0.2, -0.15) is 0 Å². The molecule has 0 saturated heterocycles. The Hall–Kier alpha value is -0.350. The van der Waals surface area contributed by atoms with Crippen LogP contribution in [-0.4, -0.2) is 18.0 Å². The van der Waals surface area contributed by atoms with Gasteiger partial charge in [-0.25, -0.2) is 22.0 Å². The van der Waals surface area contributed by atoms with Crippen molar-refractivity contribution in [1.29, 1.82) is 0 Å². The molecular formula is C11H19F5. The van der Waals surface area contributed by atoms with Gasteiger partial charge in [-0.3, -0.25) is 0 Å². The van der Waals surface area contributed by atoms with Crippen LogP contribution in [0.5, 0.6) is 0 Å². The second-order valence-electron chi connectivity index (χ2n) is 5.58. The zero-order valence-electron chi connectivity index (χ0n) is 10.3.